The number of furan rings is 2. The number of anilines is 3. The predicted molar refractivity (Wildman–Crippen MR) is 223 cm³/mol. The predicted octanol–water partition coefficient (Wildman–Crippen LogP) is 14.2. The van der Waals surface area contributed by atoms with Crippen molar-refractivity contribution in [1.29, 1.82) is 0 Å². The molecule has 4 nitrogen and oxygen atoms in total. The van der Waals surface area contributed by atoms with Crippen molar-refractivity contribution in [1.82, 2.24) is 4.57 Å². The second-order valence-corrected chi connectivity index (χ2v) is 13.7. The van der Waals surface area contributed by atoms with Gasteiger partial charge in [-0.2, -0.15) is 0 Å². The fourth-order valence-corrected chi connectivity index (χ4v) is 8.08. The van der Waals surface area contributed by atoms with E-state index in [0.29, 0.717) is 0 Å². The van der Waals surface area contributed by atoms with Crippen LogP contribution in [0.1, 0.15) is 0 Å². The second kappa shape index (κ2) is 12.1. The van der Waals surface area contributed by atoms with Gasteiger partial charge in [-0.05, 0) is 89.0 Å². The molecule has 0 aliphatic heterocycles. The number of para-hydroxylation sites is 4. The molecule has 4 heteroatoms. The molecule has 0 saturated carbocycles. The van der Waals surface area contributed by atoms with Gasteiger partial charge in [0.05, 0.1) is 16.6 Å². The molecule has 0 atom stereocenters. The first kappa shape index (κ1) is 30.3. The van der Waals surface area contributed by atoms with Gasteiger partial charge in [-0.25, -0.2) is 0 Å². The van der Waals surface area contributed by atoms with Crippen LogP contribution in [0.5, 0.6) is 0 Å². The van der Waals surface area contributed by atoms with E-state index in [-0.39, 0.29) is 0 Å². The van der Waals surface area contributed by atoms with Gasteiger partial charge in [0, 0.05) is 38.6 Å². The quantitative estimate of drug-likeness (QED) is 0.174. The number of aromatic nitrogens is 1. The second-order valence-electron chi connectivity index (χ2n) is 13.7. The van der Waals surface area contributed by atoms with Crippen LogP contribution in [-0.2, 0) is 0 Å². The topological polar surface area (TPSA) is 34.5 Å². The van der Waals surface area contributed by atoms with Crippen molar-refractivity contribution in [3.63, 3.8) is 0 Å². The van der Waals surface area contributed by atoms with E-state index in [1.165, 1.54) is 16.5 Å². The Bertz CT molecular complexity index is 3130. The summed E-state index contributed by atoms with van der Waals surface area (Å²) in [5, 5.41) is 5.64. The van der Waals surface area contributed by atoms with Gasteiger partial charge in [-0.3, -0.25) is 4.57 Å². The normalized spacial score (nSPS) is 11.7. The molecule has 0 saturated heterocycles. The Morgan fingerprint density at radius 3 is 1.74 bits per heavy atom. The molecular formula is C50H32N2O2. The van der Waals surface area contributed by atoms with Crippen LogP contribution in [0.3, 0.4) is 0 Å². The minimum Gasteiger partial charge on any atom is -0.454 e. The first-order valence-corrected chi connectivity index (χ1v) is 18.3. The van der Waals surface area contributed by atoms with Crippen LogP contribution in [0, 0.1) is 0 Å². The summed E-state index contributed by atoms with van der Waals surface area (Å²) in [6.45, 7) is 0. The van der Waals surface area contributed by atoms with Crippen LogP contribution in [0.15, 0.2) is 203 Å². The van der Waals surface area contributed by atoms with E-state index in [2.05, 4.69) is 185 Å². The molecule has 0 aliphatic carbocycles. The lowest BCUT2D eigenvalue weighted by Gasteiger charge is -2.26. The summed E-state index contributed by atoms with van der Waals surface area (Å²) in [5.74, 6) is 0. The number of nitrogens with zero attached hydrogens (tertiary/aromatic N) is 2. The number of hydrogen-bond acceptors (Lipinski definition) is 3. The fourth-order valence-electron chi connectivity index (χ4n) is 8.08. The smallest absolute Gasteiger partial charge is 0.213 e. The van der Waals surface area contributed by atoms with Gasteiger partial charge < -0.3 is 13.7 Å². The zero-order valence-corrected chi connectivity index (χ0v) is 29.2. The highest BCUT2D eigenvalue weighted by Gasteiger charge is 2.21. The maximum atomic E-state index is 6.71. The summed E-state index contributed by atoms with van der Waals surface area (Å²) in [4.78, 5) is 2.29. The van der Waals surface area contributed by atoms with Gasteiger partial charge in [0.2, 0.25) is 5.71 Å². The number of benzene rings is 8. The van der Waals surface area contributed by atoms with E-state index in [0.717, 1.165) is 83.4 Å². The van der Waals surface area contributed by atoms with E-state index >= 15 is 0 Å². The highest BCUT2D eigenvalue weighted by atomic mass is 16.3. The average Bonchev–Trinajstić information content (AvgIpc) is 3.91. The van der Waals surface area contributed by atoms with E-state index in [9.17, 15) is 0 Å². The molecule has 0 radical (unpaired) electrons. The van der Waals surface area contributed by atoms with Crippen LogP contribution < -0.4 is 4.90 Å². The van der Waals surface area contributed by atoms with Crippen molar-refractivity contribution in [2.75, 3.05) is 4.90 Å². The molecule has 11 rings (SSSR count). The van der Waals surface area contributed by atoms with Crippen molar-refractivity contribution >= 4 is 72.0 Å². The van der Waals surface area contributed by atoms with E-state index in [1.807, 2.05) is 18.2 Å². The lowest BCUT2D eigenvalue weighted by atomic mass is 10.0. The van der Waals surface area contributed by atoms with Gasteiger partial charge in [-0.1, -0.05) is 127 Å². The summed E-state index contributed by atoms with van der Waals surface area (Å²) in [6, 6.07) is 68.3. The molecular weight excluding hydrogens is 661 g/mol. The lowest BCUT2D eigenvalue weighted by Crippen LogP contribution is -2.10. The highest BCUT2D eigenvalue weighted by Crippen LogP contribution is 2.44. The van der Waals surface area contributed by atoms with Crippen LogP contribution >= 0.6 is 0 Å². The molecule has 254 valence electrons. The van der Waals surface area contributed by atoms with Crippen molar-refractivity contribution in [2.24, 2.45) is 0 Å². The number of hydrogen-bond donors (Lipinski definition) is 0. The molecule has 0 bridgehead atoms. The van der Waals surface area contributed by atoms with Gasteiger partial charge in [-0.15, -0.1) is 0 Å². The van der Waals surface area contributed by atoms with Gasteiger partial charge >= 0.3 is 0 Å². The van der Waals surface area contributed by atoms with Crippen molar-refractivity contribution in [3.8, 4) is 27.9 Å². The SMILES string of the molecule is c1ccc(-c2ccc(N(c3ccc(-c4ccc5c(c4)oc4c5c5ccccc5n4-c4ccccc4)cc3)c3cccc4c3oc3ccccc34)cc2)cc1. The monoisotopic (exact) mass is 692 g/mol. The van der Waals surface area contributed by atoms with Gasteiger partial charge in [0.25, 0.3) is 0 Å². The van der Waals surface area contributed by atoms with E-state index in [4.69, 9.17) is 8.83 Å². The highest BCUT2D eigenvalue weighted by molar-refractivity contribution is 6.20. The molecule has 0 amide bonds. The molecule has 8 aromatic carbocycles. The molecule has 11 aromatic rings. The third-order valence-corrected chi connectivity index (χ3v) is 10.6. The zero-order chi connectivity index (χ0) is 35.6. The zero-order valence-electron chi connectivity index (χ0n) is 29.2. The Morgan fingerprint density at radius 2 is 0.981 bits per heavy atom. The Labute approximate surface area is 311 Å². The van der Waals surface area contributed by atoms with Crippen LogP contribution in [0.2, 0.25) is 0 Å². The Balaban J connectivity index is 1.02. The summed E-state index contributed by atoms with van der Waals surface area (Å²) in [7, 11) is 0. The van der Waals surface area contributed by atoms with Crippen molar-refractivity contribution in [3.05, 3.63) is 194 Å². The molecule has 0 spiro atoms. The van der Waals surface area contributed by atoms with Crippen LogP contribution in [0.25, 0.3) is 82.9 Å². The molecule has 0 fully saturated rings. The third kappa shape index (κ3) is 4.78. The van der Waals surface area contributed by atoms with E-state index < -0.39 is 0 Å². The molecule has 54 heavy (non-hydrogen) atoms. The molecule has 0 unspecified atom stereocenters. The standard InChI is InChI=1S/C50H32N2O2/c1-3-12-33(13-4-1)34-22-27-38(28-23-34)51(45-20-11-18-41-40-16-8-10-21-46(40)53-49(41)45)39-29-24-35(25-30-39)36-26-31-43-47(32-36)54-50-48(43)42-17-7-9-19-44(42)52(50)37-14-5-2-6-15-37/h1-32H. The fraction of sp³-hybridized carbons (Fsp3) is 0. The lowest BCUT2D eigenvalue weighted by molar-refractivity contribution is 0.645. The maximum Gasteiger partial charge on any atom is 0.213 e. The first-order valence-electron chi connectivity index (χ1n) is 18.3. The molecule has 0 N–H and O–H groups in total. The Kier molecular flexibility index (Phi) is 6.82. The summed E-state index contributed by atoms with van der Waals surface area (Å²) >= 11 is 0. The first-order chi connectivity index (χ1) is 26.8. The summed E-state index contributed by atoms with van der Waals surface area (Å²) < 4.78 is 15.5. The molecule has 3 heterocycles. The summed E-state index contributed by atoms with van der Waals surface area (Å²) in [5.41, 5.74) is 13.3. The maximum absolute atomic E-state index is 6.71. The Morgan fingerprint density at radius 1 is 0.389 bits per heavy atom. The van der Waals surface area contributed by atoms with Crippen LogP contribution in [0.4, 0.5) is 17.1 Å². The van der Waals surface area contributed by atoms with E-state index in [1.54, 1.807) is 0 Å². The largest absolute Gasteiger partial charge is 0.454 e. The van der Waals surface area contributed by atoms with Gasteiger partial charge in [0.15, 0.2) is 5.58 Å². The number of fused-ring (bicyclic) bond motifs is 8. The molecule has 3 aromatic heterocycles. The average molecular weight is 693 g/mol. The number of rotatable bonds is 6. The minimum absolute atomic E-state index is 0.859. The minimum atomic E-state index is 0.859. The third-order valence-electron chi connectivity index (χ3n) is 10.6. The van der Waals surface area contributed by atoms with Crippen molar-refractivity contribution < 1.29 is 8.83 Å². The Hall–Kier alpha value is -7.30. The van der Waals surface area contributed by atoms with Gasteiger partial charge in [0.1, 0.15) is 11.2 Å². The van der Waals surface area contributed by atoms with Crippen molar-refractivity contribution in [2.45, 2.75) is 0 Å². The van der Waals surface area contributed by atoms with Crippen LogP contribution in [-0.4, -0.2) is 4.57 Å². The summed E-state index contributed by atoms with van der Waals surface area (Å²) in [6.07, 6.45) is 0. The molecule has 0 aliphatic rings.